The first-order chi connectivity index (χ1) is 13.8. The van der Waals surface area contributed by atoms with Gasteiger partial charge in [0.1, 0.15) is 23.7 Å². The molecule has 1 N–H and O–H groups in total. The lowest BCUT2D eigenvalue weighted by Gasteiger charge is -2.39. The fourth-order valence-corrected chi connectivity index (χ4v) is 3.64. The van der Waals surface area contributed by atoms with Crippen molar-refractivity contribution >= 4 is 14.3 Å². The van der Waals surface area contributed by atoms with Crippen LogP contribution in [-0.2, 0) is 11.0 Å². The van der Waals surface area contributed by atoms with Crippen LogP contribution in [0.3, 0.4) is 0 Å². The predicted molar refractivity (Wildman–Crippen MR) is 122 cm³/mol. The standard InChI is InChI=1S/C24H34O5Si/c1-23(2,3)30(6,7)28-17-24(4,5)29-21-14-19(22(25)26)13-20(15-21)27-16-18-11-9-8-10-12-18/h8-15H,16-17H2,1-7H3,(H,25,26). The van der Waals surface area contributed by atoms with Gasteiger partial charge in [0.05, 0.1) is 12.2 Å². The van der Waals surface area contributed by atoms with Crippen LogP contribution in [-0.4, -0.2) is 31.6 Å². The highest BCUT2D eigenvalue weighted by Gasteiger charge is 2.39. The van der Waals surface area contributed by atoms with Crippen LogP contribution < -0.4 is 9.47 Å². The van der Waals surface area contributed by atoms with Gasteiger partial charge in [-0.15, -0.1) is 0 Å². The van der Waals surface area contributed by atoms with Gasteiger partial charge in [0.25, 0.3) is 0 Å². The molecule has 164 valence electrons. The van der Waals surface area contributed by atoms with Gasteiger partial charge in [-0.1, -0.05) is 51.1 Å². The Hall–Kier alpha value is -2.31. The van der Waals surface area contributed by atoms with Crippen molar-refractivity contribution in [2.24, 2.45) is 0 Å². The van der Waals surface area contributed by atoms with E-state index in [-0.39, 0.29) is 10.6 Å². The Kier molecular flexibility index (Phi) is 7.37. The van der Waals surface area contributed by atoms with E-state index in [2.05, 4.69) is 33.9 Å². The van der Waals surface area contributed by atoms with Crippen molar-refractivity contribution in [3.8, 4) is 11.5 Å². The van der Waals surface area contributed by atoms with Gasteiger partial charge < -0.3 is 19.0 Å². The molecule has 0 spiro atoms. The first-order valence-corrected chi connectivity index (χ1v) is 13.1. The molecule has 2 aromatic carbocycles. The smallest absolute Gasteiger partial charge is 0.335 e. The second-order valence-corrected chi connectivity index (χ2v) is 14.5. The third-order valence-electron chi connectivity index (χ3n) is 5.36. The number of ether oxygens (including phenoxy) is 2. The number of benzene rings is 2. The number of hydrogen-bond acceptors (Lipinski definition) is 4. The summed E-state index contributed by atoms with van der Waals surface area (Å²) in [4.78, 5) is 11.6. The lowest BCUT2D eigenvalue weighted by Crippen LogP contribution is -2.46. The Morgan fingerprint density at radius 1 is 0.967 bits per heavy atom. The van der Waals surface area contributed by atoms with E-state index in [4.69, 9.17) is 13.9 Å². The lowest BCUT2D eigenvalue weighted by molar-refractivity contribution is 0.0455. The summed E-state index contributed by atoms with van der Waals surface area (Å²) in [6.07, 6.45) is 0. The average Bonchev–Trinajstić information content (AvgIpc) is 2.64. The maximum absolute atomic E-state index is 11.6. The molecular formula is C24H34O5Si. The first kappa shape index (κ1) is 24.0. The van der Waals surface area contributed by atoms with E-state index >= 15 is 0 Å². The molecule has 0 radical (unpaired) electrons. The van der Waals surface area contributed by atoms with Gasteiger partial charge >= 0.3 is 5.97 Å². The minimum Gasteiger partial charge on any atom is -0.489 e. The van der Waals surface area contributed by atoms with Crippen LogP contribution in [0.4, 0.5) is 0 Å². The summed E-state index contributed by atoms with van der Waals surface area (Å²) in [7, 11) is -1.92. The van der Waals surface area contributed by atoms with Crippen molar-refractivity contribution in [1.29, 1.82) is 0 Å². The molecule has 30 heavy (non-hydrogen) atoms. The zero-order valence-electron chi connectivity index (χ0n) is 19.1. The molecule has 0 fully saturated rings. The predicted octanol–water partition coefficient (Wildman–Crippen LogP) is 6.14. The number of carboxylic acid groups (broad SMARTS) is 1. The van der Waals surface area contributed by atoms with E-state index in [9.17, 15) is 9.90 Å². The molecule has 0 aliphatic carbocycles. The van der Waals surface area contributed by atoms with Gasteiger partial charge in [-0.2, -0.15) is 0 Å². The van der Waals surface area contributed by atoms with Gasteiger partial charge in [-0.25, -0.2) is 4.79 Å². The number of aromatic carboxylic acids is 1. The van der Waals surface area contributed by atoms with E-state index in [0.29, 0.717) is 24.7 Å². The average molecular weight is 431 g/mol. The largest absolute Gasteiger partial charge is 0.489 e. The third-order valence-corrected chi connectivity index (χ3v) is 9.83. The minimum atomic E-state index is -1.92. The number of hydrogen-bond donors (Lipinski definition) is 1. The van der Waals surface area contributed by atoms with Gasteiger partial charge in [-0.3, -0.25) is 0 Å². The molecule has 0 saturated heterocycles. The summed E-state index contributed by atoms with van der Waals surface area (Å²) in [5.41, 5.74) is 0.504. The Labute approximate surface area is 181 Å². The molecule has 6 heteroatoms. The second kappa shape index (κ2) is 9.23. The fourth-order valence-electron chi connectivity index (χ4n) is 2.50. The van der Waals surface area contributed by atoms with Gasteiger partial charge in [0, 0.05) is 6.07 Å². The molecule has 0 aliphatic rings. The Bertz CT molecular complexity index is 854. The fraction of sp³-hybridized carbons (Fsp3) is 0.458. The van der Waals surface area contributed by atoms with Crippen molar-refractivity contribution in [3.63, 3.8) is 0 Å². The SMILES string of the molecule is CC(C)(CO[Si](C)(C)C(C)(C)C)Oc1cc(OCc2ccccc2)cc(C(=O)O)c1. The summed E-state index contributed by atoms with van der Waals surface area (Å²) >= 11 is 0. The van der Waals surface area contributed by atoms with Crippen molar-refractivity contribution in [2.45, 2.75) is 65.0 Å². The monoisotopic (exact) mass is 430 g/mol. The van der Waals surface area contributed by atoms with Crippen LogP contribution >= 0.6 is 0 Å². The Morgan fingerprint density at radius 3 is 2.13 bits per heavy atom. The van der Waals surface area contributed by atoms with Crippen molar-refractivity contribution in [3.05, 3.63) is 59.7 Å². The molecule has 2 aromatic rings. The van der Waals surface area contributed by atoms with E-state index in [1.54, 1.807) is 6.07 Å². The Morgan fingerprint density at radius 2 is 1.57 bits per heavy atom. The molecule has 0 heterocycles. The number of carbonyl (C=O) groups is 1. The number of carboxylic acids is 1. The van der Waals surface area contributed by atoms with Crippen LogP contribution in [0.1, 0.15) is 50.5 Å². The van der Waals surface area contributed by atoms with Crippen molar-refractivity contribution in [2.75, 3.05) is 6.61 Å². The van der Waals surface area contributed by atoms with Crippen LogP contribution in [0.15, 0.2) is 48.5 Å². The summed E-state index contributed by atoms with van der Waals surface area (Å²) in [6.45, 7) is 15.6. The third kappa shape index (κ3) is 6.88. The van der Waals surface area contributed by atoms with Crippen LogP contribution in [0.25, 0.3) is 0 Å². The van der Waals surface area contributed by atoms with E-state index in [0.717, 1.165) is 5.56 Å². The van der Waals surface area contributed by atoms with Gasteiger partial charge in [0.15, 0.2) is 8.32 Å². The summed E-state index contributed by atoms with van der Waals surface area (Å²) < 4.78 is 18.3. The molecule has 0 amide bonds. The highest BCUT2D eigenvalue weighted by Crippen LogP contribution is 2.37. The van der Waals surface area contributed by atoms with Gasteiger partial charge in [-0.05, 0) is 49.7 Å². The Balaban J connectivity index is 2.15. The molecule has 0 aromatic heterocycles. The minimum absolute atomic E-state index is 0.102. The highest BCUT2D eigenvalue weighted by molar-refractivity contribution is 6.74. The molecular weight excluding hydrogens is 396 g/mol. The molecule has 0 atom stereocenters. The normalized spacial score (nSPS) is 12.5. The highest BCUT2D eigenvalue weighted by atomic mass is 28.4. The molecule has 0 unspecified atom stereocenters. The molecule has 0 bridgehead atoms. The maximum Gasteiger partial charge on any atom is 0.335 e. The topological polar surface area (TPSA) is 65.0 Å². The molecule has 0 aliphatic heterocycles. The van der Waals surface area contributed by atoms with Crippen LogP contribution in [0.5, 0.6) is 11.5 Å². The van der Waals surface area contributed by atoms with Crippen LogP contribution in [0.2, 0.25) is 18.1 Å². The zero-order chi connectivity index (χ0) is 22.6. The second-order valence-electron chi connectivity index (χ2n) is 9.68. The molecule has 0 saturated carbocycles. The van der Waals surface area contributed by atoms with Gasteiger partial charge in [0.2, 0.25) is 0 Å². The van der Waals surface area contributed by atoms with E-state index in [1.807, 2.05) is 44.2 Å². The molecule has 5 nitrogen and oxygen atoms in total. The van der Waals surface area contributed by atoms with Crippen molar-refractivity contribution in [1.82, 2.24) is 0 Å². The summed E-state index contributed by atoms with van der Waals surface area (Å²) in [5, 5.41) is 9.59. The lowest BCUT2D eigenvalue weighted by atomic mass is 10.1. The van der Waals surface area contributed by atoms with E-state index in [1.165, 1.54) is 12.1 Å². The quantitative estimate of drug-likeness (QED) is 0.484. The molecule has 2 rings (SSSR count). The summed E-state index contributed by atoms with van der Waals surface area (Å²) in [6, 6.07) is 14.5. The first-order valence-electron chi connectivity index (χ1n) is 10.2. The zero-order valence-corrected chi connectivity index (χ0v) is 20.1. The summed E-state index contributed by atoms with van der Waals surface area (Å²) in [5.74, 6) is -0.128. The maximum atomic E-state index is 11.6. The number of rotatable bonds is 9. The van der Waals surface area contributed by atoms with Crippen molar-refractivity contribution < 1.29 is 23.8 Å². The van der Waals surface area contributed by atoms with Crippen LogP contribution in [0, 0.1) is 0 Å². The van der Waals surface area contributed by atoms with E-state index < -0.39 is 19.9 Å².